The fourth-order valence-corrected chi connectivity index (χ4v) is 0.545. The molecular formula is C7H11NO3. The van der Waals surface area contributed by atoms with Gasteiger partial charge in [0.15, 0.2) is 0 Å². The van der Waals surface area contributed by atoms with E-state index in [1.807, 2.05) is 0 Å². The molecular weight excluding hydrogens is 146 g/mol. The predicted octanol–water partition coefficient (Wildman–Crippen LogP) is 1.04. The van der Waals surface area contributed by atoms with E-state index in [0.29, 0.717) is 5.71 Å². The van der Waals surface area contributed by atoms with Gasteiger partial charge in [0.2, 0.25) is 0 Å². The Morgan fingerprint density at radius 1 is 1.55 bits per heavy atom. The number of hydrogen-bond donors (Lipinski definition) is 1. The lowest BCUT2D eigenvalue weighted by Crippen LogP contribution is -1.99. The van der Waals surface area contributed by atoms with E-state index in [9.17, 15) is 4.79 Å². The van der Waals surface area contributed by atoms with Crippen molar-refractivity contribution in [3.8, 4) is 0 Å². The molecule has 11 heavy (non-hydrogen) atoms. The zero-order chi connectivity index (χ0) is 8.85. The first-order valence-corrected chi connectivity index (χ1v) is 3.07. The van der Waals surface area contributed by atoms with Crippen molar-refractivity contribution in [2.24, 2.45) is 5.16 Å². The number of oxime groups is 1. The van der Waals surface area contributed by atoms with Gasteiger partial charge in [0.25, 0.3) is 0 Å². The maximum atomic E-state index is 10.3. The summed E-state index contributed by atoms with van der Waals surface area (Å²) < 4.78 is 0. The summed E-state index contributed by atoms with van der Waals surface area (Å²) in [5.74, 6) is -0.948. The molecule has 4 nitrogen and oxygen atoms in total. The Morgan fingerprint density at radius 2 is 2.09 bits per heavy atom. The maximum absolute atomic E-state index is 10.3. The van der Waals surface area contributed by atoms with E-state index in [1.165, 1.54) is 20.1 Å². The lowest BCUT2D eigenvalue weighted by Gasteiger charge is -1.92. The first-order chi connectivity index (χ1) is 5.07. The van der Waals surface area contributed by atoms with E-state index >= 15 is 0 Å². The van der Waals surface area contributed by atoms with Crippen LogP contribution in [0, 0.1) is 0 Å². The third-order valence-corrected chi connectivity index (χ3v) is 0.998. The van der Waals surface area contributed by atoms with Crippen LogP contribution in [0.15, 0.2) is 16.8 Å². The van der Waals surface area contributed by atoms with Crippen molar-refractivity contribution in [3.05, 3.63) is 11.6 Å². The Morgan fingerprint density at radius 3 is 2.45 bits per heavy atom. The van der Waals surface area contributed by atoms with Crippen LogP contribution in [0.1, 0.15) is 13.8 Å². The Hall–Kier alpha value is -1.32. The molecule has 0 aromatic heterocycles. The van der Waals surface area contributed by atoms with Crippen molar-refractivity contribution >= 4 is 11.7 Å². The predicted molar refractivity (Wildman–Crippen MR) is 41.5 cm³/mol. The molecule has 62 valence electrons. The Labute approximate surface area is 65.2 Å². The first kappa shape index (κ1) is 9.68. The molecule has 0 radical (unpaired) electrons. The zero-order valence-electron chi connectivity index (χ0n) is 6.79. The minimum Gasteiger partial charge on any atom is -0.478 e. The summed E-state index contributed by atoms with van der Waals surface area (Å²) in [6, 6.07) is 0. The van der Waals surface area contributed by atoms with Gasteiger partial charge in [-0.2, -0.15) is 0 Å². The van der Waals surface area contributed by atoms with Gasteiger partial charge in [0, 0.05) is 5.57 Å². The highest BCUT2D eigenvalue weighted by molar-refractivity contribution is 5.99. The molecule has 0 rings (SSSR count). The highest BCUT2D eigenvalue weighted by Crippen LogP contribution is 1.93. The molecule has 0 aliphatic carbocycles. The number of carboxylic acids is 1. The van der Waals surface area contributed by atoms with Gasteiger partial charge < -0.3 is 9.94 Å². The Balaban J connectivity index is 4.30. The summed E-state index contributed by atoms with van der Waals surface area (Å²) in [7, 11) is 1.41. The third-order valence-electron chi connectivity index (χ3n) is 0.998. The Kier molecular flexibility index (Phi) is 3.95. The second kappa shape index (κ2) is 4.49. The lowest BCUT2D eigenvalue weighted by molar-refractivity contribution is -0.132. The van der Waals surface area contributed by atoms with Gasteiger partial charge in [0.1, 0.15) is 7.11 Å². The molecule has 0 atom stereocenters. The second-order valence-electron chi connectivity index (χ2n) is 2.05. The average molecular weight is 157 g/mol. The summed E-state index contributed by atoms with van der Waals surface area (Å²) in [6.45, 7) is 3.16. The molecule has 0 amide bonds. The number of rotatable bonds is 3. The molecule has 0 aliphatic rings. The number of allylic oxidation sites excluding steroid dienone is 1. The van der Waals surface area contributed by atoms with Crippen molar-refractivity contribution in [1.29, 1.82) is 0 Å². The molecule has 1 N–H and O–H groups in total. The smallest absolute Gasteiger partial charge is 0.331 e. The van der Waals surface area contributed by atoms with E-state index in [2.05, 4.69) is 9.99 Å². The van der Waals surface area contributed by atoms with Crippen LogP contribution in [0.2, 0.25) is 0 Å². The Bertz CT molecular complexity index is 206. The third kappa shape index (κ3) is 4.13. The van der Waals surface area contributed by atoms with Gasteiger partial charge in [0.05, 0.1) is 5.71 Å². The molecule has 0 spiro atoms. The molecule has 0 fully saturated rings. The van der Waals surface area contributed by atoms with Gasteiger partial charge in [-0.3, -0.25) is 0 Å². The number of nitrogens with zero attached hydrogens (tertiary/aromatic N) is 1. The van der Waals surface area contributed by atoms with Crippen LogP contribution < -0.4 is 0 Å². The van der Waals surface area contributed by atoms with Gasteiger partial charge in [-0.1, -0.05) is 5.16 Å². The van der Waals surface area contributed by atoms with Crippen LogP contribution in [0.4, 0.5) is 0 Å². The van der Waals surface area contributed by atoms with E-state index in [-0.39, 0.29) is 5.57 Å². The van der Waals surface area contributed by atoms with Gasteiger partial charge in [-0.25, -0.2) is 4.79 Å². The molecule has 0 aromatic carbocycles. The van der Waals surface area contributed by atoms with E-state index in [1.54, 1.807) is 6.92 Å². The number of carboxylic acid groups (broad SMARTS) is 1. The molecule has 0 saturated carbocycles. The molecule has 0 saturated heterocycles. The normalized spacial score (nSPS) is 13.0. The standard InChI is InChI=1S/C7H11NO3/c1-5(7(9)10)4-6(2)8-11-3/h4H,1-3H3,(H,9,10)/b5-4+,8-6+. The van der Waals surface area contributed by atoms with E-state index in [4.69, 9.17) is 5.11 Å². The van der Waals surface area contributed by atoms with Crippen LogP contribution in [0.3, 0.4) is 0 Å². The van der Waals surface area contributed by atoms with E-state index < -0.39 is 5.97 Å². The highest BCUT2D eigenvalue weighted by Gasteiger charge is 1.98. The number of hydrogen-bond acceptors (Lipinski definition) is 3. The van der Waals surface area contributed by atoms with Crippen LogP contribution in [0.5, 0.6) is 0 Å². The quantitative estimate of drug-likeness (QED) is 0.378. The molecule has 0 bridgehead atoms. The SMILES string of the molecule is CO/N=C(C)/C=C(\C)C(=O)O. The van der Waals surface area contributed by atoms with Crippen LogP contribution in [0.25, 0.3) is 0 Å². The fraction of sp³-hybridized carbons (Fsp3) is 0.429. The monoisotopic (exact) mass is 157 g/mol. The molecule has 4 heteroatoms. The average Bonchev–Trinajstić information content (AvgIpc) is 1.87. The number of aliphatic carboxylic acids is 1. The minimum atomic E-state index is -0.948. The molecule has 0 unspecified atom stereocenters. The molecule has 0 aliphatic heterocycles. The first-order valence-electron chi connectivity index (χ1n) is 3.07. The van der Waals surface area contributed by atoms with Crippen molar-refractivity contribution in [2.45, 2.75) is 13.8 Å². The summed E-state index contributed by atoms with van der Waals surface area (Å²) in [6.07, 6.45) is 1.44. The van der Waals surface area contributed by atoms with Crippen molar-refractivity contribution in [3.63, 3.8) is 0 Å². The van der Waals surface area contributed by atoms with Crippen molar-refractivity contribution in [1.82, 2.24) is 0 Å². The van der Waals surface area contributed by atoms with Gasteiger partial charge in [-0.15, -0.1) is 0 Å². The second-order valence-corrected chi connectivity index (χ2v) is 2.05. The van der Waals surface area contributed by atoms with Crippen LogP contribution >= 0.6 is 0 Å². The highest BCUT2D eigenvalue weighted by atomic mass is 16.6. The maximum Gasteiger partial charge on any atom is 0.331 e. The topological polar surface area (TPSA) is 58.9 Å². The van der Waals surface area contributed by atoms with E-state index in [0.717, 1.165) is 0 Å². The minimum absolute atomic E-state index is 0.239. The summed E-state index contributed by atoms with van der Waals surface area (Å²) in [5.41, 5.74) is 0.774. The van der Waals surface area contributed by atoms with Crippen LogP contribution in [-0.4, -0.2) is 23.9 Å². The largest absolute Gasteiger partial charge is 0.478 e. The summed E-state index contributed by atoms with van der Waals surface area (Å²) in [4.78, 5) is 14.7. The van der Waals surface area contributed by atoms with Gasteiger partial charge >= 0.3 is 5.97 Å². The zero-order valence-corrected chi connectivity index (χ0v) is 6.79. The van der Waals surface area contributed by atoms with Crippen molar-refractivity contribution < 1.29 is 14.7 Å². The summed E-state index contributed by atoms with van der Waals surface area (Å²) >= 11 is 0. The van der Waals surface area contributed by atoms with Crippen LogP contribution in [-0.2, 0) is 9.63 Å². The molecule has 0 heterocycles. The molecule has 0 aromatic rings. The van der Waals surface area contributed by atoms with Crippen molar-refractivity contribution in [2.75, 3.05) is 7.11 Å². The number of carbonyl (C=O) groups is 1. The summed E-state index contributed by atoms with van der Waals surface area (Å²) in [5, 5.41) is 12.0. The lowest BCUT2D eigenvalue weighted by atomic mass is 10.2. The fourth-order valence-electron chi connectivity index (χ4n) is 0.545. The van der Waals surface area contributed by atoms with Gasteiger partial charge in [-0.05, 0) is 19.9 Å².